The van der Waals surface area contributed by atoms with Crippen LogP contribution >= 0.6 is 0 Å². The van der Waals surface area contributed by atoms with E-state index in [1.807, 2.05) is 6.92 Å². The van der Waals surface area contributed by atoms with Crippen molar-refractivity contribution in [2.45, 2.75) is 33.2 Å². The minimum atomic E-state index is 0.0538. The van der Waals surface area contributed by atoms with Crippen molar-refractivity contribution in [3.63, 3.8) is 0 Å². The van der Waals surface area contributed by atoms with Gasteiger partial charge >= 0.3 is 0 Å². The number of ether oxygens (including phenoxy) is 1. The molecule has 0 amide bonds. The van der Waals surface area contributed by atoms with Crippen LogP contribution in [0.2, 0.25) is 0 Å². The maximum atomic E-state index is 6.24. The van der Waals surface area contributed by atoms with E-state index in [-0.39, 0.29) is 6.04 Å². The summed E-state index contributed by atoms with van der Waals surface area (Å²) in [6.45, 7) is 6.93. The molecule has 0 bridgehead atoms. The number of hydrogen-bond acceptors (Lipinski definition) is 3. The molecule has 4 N–H and O–H groups in total. The first-order valence-electron chi connectivity index (χ1n) is 6.10. The van der Waals surface area contributed by atoms with E-state index in [0.29, 0.717) is 12.5 Å². The number of rotatable bonds is 5. The first-order valence-corrected chi connectivity index (χ1v) is 6.10. The Labute approximate surface area is 104 Å². The van der Waals surface area contributed by atoms with Gasteiger partial charge in [0.2, 0.25) is 0 Å². The van der Waals surface area contributed by atoms with Gasteiger partial charge in [0.25, 0.3) is 0 Å². The third-order valence-corrected chi connectivity index (χ3v) is 3.24. The van der Waals surface area contributed by atoms with Crippen LogP contribution in [0.15, 0.2) is 12.1 Å². The van der Waals surface area contributed by atoms with Crippen molar-refractivity contribution in [3.05, 3.63) is 28.8 Å². The first-order chi connectivity index (χ1) is 7.99. The predicted octanol–water partition coefficient (Wildman–Crippen LogP) is 2.30. The van der Waals surface area contributed by atoms with Crippen LogP contribution in [0.25, 0.3) is 0 Å². The second-order valence-corrected chi connectivity index (χ2v) is 4.86. The van der Waals surface area contributed by atoms with Gasteiger partial charge in [-0.05, 0) is 55.5 Å². The first kappa shape index (κ1) is 14.0. The molecule has 0 aliphatic heterocycles. The topological polar surface area (TPSA) is 61.3 Å². The molecule has 0 heterocycles. The van der Waals surface area contributed by atoms with E-state index in [9.17, 15) is 0 Å². The number of benzene rings is 1. The van der Waals surface area contributed by atoms with E-state index < -0.39 is 0 Å². The molecule has 3 nitrogen and oxygen atoms in total. The van der Waals surface area contributed by atoms with Crippen LogP contribution in [0.4, 0.5) is 0 Å². The van der Waals surface area contributed by atoms with Crippen LogP contribution in [-0.2, 0) is 0 Å². The van der Waals surface area contributed by atoms with Crippen molar-refractivity contribution in [1.29, 1.82) is 0 Å². The minimum Gasteiger partial charge on any atom is -0.496 e. The Morgan fingerprint density at radius 1 is 1.24 bits per heavy atom. The lowest BCUT2D eigenvalue weighted by Gasteiger charge is -2.20. The normalized spacial score (nSPS) is 14.5. The smallest absolute Gasteiger partial charge is 0.122 e. The molecule has 0 spiro atoms. The molecule has 0 aliphatic carbocycles. The van der Waals surface area contributed by atoms with Crippen molar-refractivity contribution >= 4 is 0 Å². The second kappa shape index (κ2) is 6.03. The van der Waals surface area contributed by atoms with Crippen LogP contribution in [0.3, 0.4) is 0 Å². The molecule has 2 atom stereocenters. The highest BCUT2D eigenvalue weighted by molar-refractivity contribution is 5.42. The molecule has 96 valence electrons. The van der Waals surface area contributed by atoms with Crippen LogP contribution in [-0.4, -0.2) is 13.7 Å². The van der Waals surface area contributed by atoms with Gasteiger partial charge in [-0.2, -0.15) is 0 Å². The van der Waals surface area contributed by atoms with Gasteiger partial charge in [-0.25, -0.2) is 0 Å². The lowest BCUT2D eigenvalue weighted by molar-refractivity contribution is 0.410. The van der Waals surface area contributed by atoms with Crippen LogP contribution in [0.5, 0.6) is 5.75 Å². The molecule has 0 saturated carbocycles. The molecular formula is C14H24N2O. The Hall–Kier alpha value is -1.06. The zero-order chi connectivity index (χ0) is 13.0. The molecule has 1 rings (SSSR count). The van der Waals surface area contributed by atoms with Crippen LogP contribution in [0, 0.1) is 19.8 Å². The number of hydrogen-bond donors (Lipinski definition) is 2. The second-order valence-electron chi connectivity index (χ2n) is 4.86. The summed E-state index contributed by atoms with van der Waals surface area (Å²) in [5.74, 6) is 1.37. The molecule has 0 aromatic heterocycles. The Morgan fingerprint density at radius 3 is 2.41 bits per heavy atom. The van der Waals surface area contributed by atoms with E-state index >= 15 is 0 Å². The number of nitrogens with two attached hydrogens (primary N) is 2. The molecule has 0 aliphatic rings. The summed E-state index contributed by atoms with van der Waals surface area (Å²) < 4.78 is 5.30. The van der Waals surface area contributed by atoms with E-state index in [2.05, 4.69) is 26.0 Å². The molecule has 3 heteroatoms. The zero-order valence-electron chi connectivity index (χ0n) is 11.3. The SMILES string of the molecule is COc1cc(C)c(C(N)CC(C)CN)cc1C. The predicted molar refractivity (Wildman–Crippen MR) is 72.2 cm³/mol. The average Bonchev–Trinajstić information content (AvgIpc) is 2.31. The minimum absolute atomic E-state index is 0.0538. The molecule has 0 saturated heterocycles. The van der Waals surface area contributed by atoms with E-state index in [0.717, 1.165) is 17.7 Å². The standard InChI is InChI=1S/C14H24N2O/c1-9(8-15)5-13(16)12-6-11(3)14(17-4)7-10(12)2/h6-7,9,13H,5,8,15-16H2,1-4H3. The number of aryl methyl sites for hydroxylation is 2. The lowest BCUT2D eigenvalue weighted by Crippen LogP contribution is -2.20. The fourth-order valence-corrected chi connectivity index (χ4v) is 2.09. The van der Waals surface area contributed by atoms with Gasteiger partial charge in [0.15, 0.2) is 0 Å². The summed E-state index contributed by atoms with van der Waals surface area (Å²) in [5, 5.41) is 0. The number of methoxy groups -OCH3 is 1. The van der Waals surface area contributed by atoms with Crippen molar-refractivity contribution < 1.29 is 4.74 Å². The highest BCUT2D eigenvalue weighted by atomic mass is 16.5. The van der Waals surface area contributed by atoms with E-state index in [1.54, 1.807) is 7.11 Å². The highest BCUT2D eigenvalue weighted by Crippen LogP contribution is 2.28. The molecule has 0 radical (unpaired) electrons. The van der Waals surface area contributed by atoms with Gasteiger partial charge in [-0.1, -0.05) is 13.0 Å². The van der Waals surface area contributed by atoms with Crippen LogP contribution in [0.1, 0.15) is 36.1 Å². The maximum absolute atomic E-state index is 6.24. The van der Waals surface area contributed by atoms with Gasteiger partial charge < -0.3 is 16.2 Å². The van der Waals surface area contributed by atoms with E-state index in [4.69, 9.17) is 16.2 Å². The summed E-state index contributed by atoms with van der Waals surface area (Å²) in [6, 6.07) is 4.23. The molecular weight excluding hydrogens is 212 g/mol. The molecule has 1 aromatic rings. The van der Waals surface area contributed by atoms with Crippen molar-refractivity contribution in [2.24, 2.45) is 17.4 Å². The average molecular weight is 236 g/mol. The summed E-state index contributed by atoms with van der Waals surface area (Å²) >= 11 is 0. The quantitative estimate of drug-likeness (QED) is 0.824. The maximum Gasteiger partial charge on any atom is 0.122 e. The van der Waals surface area contributed by atoms with Gasteiger partial charge in [-0.15, -0.1) is 0 Å². The molecule has 1 aromatic carbocycles. The summed E-state index contributed by atoms with van der Waals surface area (Å²) in [6.07, 6.45) is 0.920. The molecule has 2 unspecified atom stereocenters. The van der Waals surface area contributed by atoms with Gasteiger partial charge in [-0.3, -0.25) is 0 Å². The van der Waals surface area contributed by atoms with E-state index in [1.165, 1.54) is 11.1 Å². The third kappa shape index (κ3) is 3.45. The zero-order valence-corrected chi connectivity index (χ0v) is 11.3. The fourth-order valence-electron chi connectivity index (χ4n) is 2.09. The Bertz CT molecular complexity index is 377. The van der Waals surface area contributed by atoms with Crippen molar-refractivity contribution in [1.82, 2.24) is 0 Å². The Morgan fingerprint density at radius 2 is 1.88 bits per heavy atom. The van der Waals surface area contributed by atoms with Gasteiger partial charge in [0, 0.05) is 6.04 Å². The fraction of sp³-hybridized carbons (Fsp3) is 0.571. The van der Waals surface area contributed by atoms with Crippen molar-refractivity contribution in [3.8, 4) is 5.75 Å². The monoisotopic (exact) mass is 236 g/mol. The third-order valence-electron chi connectivity index (χ3n) is 3.24. The molecule has 17 heavy (non-hydrogen) atoms. The largest absolute Gasteiger partial charge is 0.496 e. The van der Waals surface area contributed by atoms with Gasteiger partial charge in [0.05, 0.1) is 7.11 Å². The summed E-state index contributed by atoms with van der Waals surface area (Å²) in [4.78, 5) is 0. The Balaban J connectivity index is 2.94. The summed E-state index contributed by atoms with van der Waals surface area (Å²) in [5.41, 5.74) is 15.4. The van der Waals surface area contributed by atoms with Gasteiger partial charge in [0.1, 0.15) is 5.75 Å². The highest BCUT2D eigenvalue weighted by Gasteiger charge is 2.14. The van der Waals surface area contributed by atoms with Crippen LogP contribution < -0.4 is 16.2 Å². The Kier molecular flexibility index (Phi) is 4.97. The summed E-state index contributed by atoms with van der Waals surface area (Å²) in [7, 11) is 1.69. The molecule has 0 fully saturated rings. The lowest BCUT2D eigenvalue weighted by atomic mass is 9.92. The van der Waals surface area contributed by atoms with Crippen molar-refractivity contribution in [2.75, 3.05) is 13.7 Å².